The first kappa shape index (κ1) is 15.5. The summed E-state index contributed by atoms with van der Waals surface area (Å²) in [6.07, 6.45) is 3.28. The Morgan fingerprint density at radius 1 is 1.35 bits per heavy atom. The number of anilines is 1. The number of pyridine rings is 1. The minimum absolute atomic E-state index is 0.0266. The molecule has 1 saturated carbocycles. The SMILES string of the molecule is [C-]#[N+]c1ccc2nc(NC(=O)[C@@H](C)C(C)C)n(C3CCC3)c2n1. The van der Waals surface area contributed by atoms with Crippen LogP contribution in [0, 0.1) is 18.4 Å². The highest BCUT2D eigenvalue weighted by Crippen LogP contribution is 2.37. The van der Waals surface area contributed by atoms with Crippen molar-refractivity contribution in [3.05, 3.63) is 23.5 Å². The molecule has 0 saturated heterocycles. The number of carbonyl (C=O) groups excluding carboxylic acids is 1. The van der Waals surface area contributed by atoms with Gasteiger partial charge in [0.05, 0.1) is 0 Å². The fourth-order valence-electron chi connectivity index (χ4n) is 2.63. The van der Waals surface area contributed by atoms with Crippen LogP contribution < -0.4 is 5.32 Å². The summed E-state index contributed by atoms with van der Waals surface area (Å²) in [4.78, 5) is 24.7. The third-order valence-corrected chi connectivity index (χ3v) is 4.73. The molecule has 3 rings (SSSR count). The number of amides is 1. The van der Waals surface area contributed by atoms with Crippen molar-refractivity contribution < 1.29 is 4.79 Å². The average molecular weight is 311 g/mol. The molecule has 0 bridgehead atoms. The number of aromatic nitrogens is 3. The second-order valence-corrected chi connectivity index (χ2v) is 6.54. The molecule has 6 heteroatoms. The monoisotopic (exact) mass is 311 g/mol. The maximum atomic E-state index is 12.4. The number of imidazole rings is 1. The van der Waals surface area contributed by atoms with E-state index in [1.807, 2.05) is 25.3 Å². The van der Waals surface area contributed by atoms with Gasteiger partial charge in [-0.25, -0.2) is 4.98 Å². The first-order valence-electron chi connectivity index (χ1n) is 8.08. The van der Waals surface area contributed by atoms with Gasteiger partial charge in [-0.15, -0.1) is 0 Å². The Morgan fingerprint density at radius 3 is 2.65 bits per heavy atom. The Morgan fingerprint density at radius 2 is 2.09 bits per heavy atom. The molecule has 1 amide bonds. The van der Waals surface area contributed by atoms with Crippen LogP contribution in [0.4, 0.5) is 11.8 Å². The van der Waals surface area contributed by atoms with Gasteiger partial charge in [0.15, 0.2) is 0 Å². The number of nitrogens with zero attached hydrogens (tertiary/aromatic N) is 4. The fraction of sp³-hybridized carbons (Fsp3) is 0.529. The van der Waals surface area contributed by atoms with Crippen LogP contribution in [-0.4, -0.2) is 20.4 Å². The van der Waals surface area contributed by atoms with Crippen molar-refractivity contribution in [2.24, 2.45) is 11.8 Å². The smallest absolute Gasteiger partial charge is 0.271 e. The van der Waals surface area contributed by atoms with Gasteiger partial charge in [-0.1, -0.05) is 32.3 Å². The number of rotatable bonds is 4. The van der Waals surface area contributed by atoms with Crippen molar-refractivity contribution in [3.63, 3.8) is 0 Å². The molecule has 2 aromatic heterocycles. The van der Waals surface area contributed by atoms with Crippen molar-refractivity contribution in [2.45, 2.75) is 46.1 Å². The lowest BCUT2D eigenvalue weighted by molar-refractivity contribution is -0.120. The normalized spacial score (nSPS) is 16.1. The number of fused-ring (bicyclic) bond motifs is 1. The predicted molar refractivity (Wildman–Crippen MR) is 89.3 cm³/mol. The van der Waals surface area contributed by atoms with Crippen LogP contribution >= 0.6 is 0 Å². The fourth-order valence-corrected chi connectivity index (χ4v) is 2.63. The number of nitrogens with one attached hydrogen (secondary N) is 1. The first-order chi connectivity index (χ1) is 11.0. The first-order valence-corrected chi connectivity index (χ1v) is 8.08. The molecule has 0 aromatic carbocycles. The van der Waals surface area contributed by atoms with Gasteiger partial charge in [0, 0.05) is 12.0 Å². The zero-order chi connectivity index (χ0) is 16.6. The van der Waals surface area contributed by atoms with Crippen LogP contribution in [0.5, 0.6) is 0 Å². The van der Waals surface area contributed by atoms with E-state index < -0.39 is 0 Å². The van der Waals surface area contributed by atoms with Crippen molar-refractivity contribution in [1.29, 1.82) is 0 Å². The van der Waals surface area contributed by atoms with E-state index in [-0.39, 0.29) is 17.7 Å². The number of carbonyl (C=O) groups is 1. The van der Waals surface area contributed by atoms with Gasteiger partial charge in [0.1, 0.15) is 5.52 Å². The molecule has 1 atom stereocenters. The van der Waals surface area contributed by atoms with Gasteiger partial charge >= 0.3 is 0 Å². The Bertz CT molecular complexity index is 782. The molecule has 1 fully saturated rings. The largest absolute Gasteiger partial charge is 0.361 e. The lowest BCUT2D eigenvalue weighted by atomic mass is 9.93. The van der Waals surface area contributed by atoms with E-state index in [1.54, 1.807) is 12.1 Å². The highest BCUT2D eigenvalue weighted by Gasteiger charge is 2.29. The Labute approximate surface area is 135 Å². The van der Waals surface area contributed by atoms with Gasteiger partial charge in [-0.3, -0.25) is 14.7 Å². The maximum absolute atomic E-state index is 12.4. The van der Waals surface area contributed by atoms with E-state index in [2.05, 4.69) is 20.1 Å². The molecule has 0 spiro atoms. The van der Waals surface area contributed by atoms with Gasteiger partial charge < -0.3 is 4.85 Å². The summed E-state index contributed by atoms with van der Waals surface area (Å²) in [6.45, 7) is 13.1. The summed E-state index contributed by atoms with van der Waals surface area (Å²) >= 11 is 0. The molecule has 23 heavy (non-hydrogen) atoms. The maximum Gasteiger partial charge on any atom is 0.271 e. The second kappa shape index (κ2) is 5.99. The highest BCUT2D eigenvalue weighted by atomic mass is 16.2. The van der Waals surface area contributed by atoms with Gasteiger partial charge in [-0.2, -0.15) is 0 Å². The van der Waals surface area contributed by atoms with Gasteiger partial charge in [-0.05, 0) is 37.3 Å². The summed E-state index contributed by atoms with van der Waals surface area (Å²) in [5.74, 6) is 1.06. The number of hydrogen-bond donors (Lipinski definition) is 1. The topological polar surface area (TPSA) is 64.2 Å². The molecule has 0 unspecified atom stereocenters. The molecule has 6 nitrogen and oxygen atoms in total. The predicted octanol–water partition coefficient (Wildman–Crippen LogP) is 3.94. The van der Waals surface area contributed by atoms with Crippen molar-refractivity contribution in [3.8, 4) is 0 Å². The molecule has 2 heterocycles. The van der Waals surface area contributed by atoms with E-state index in [4.69, 9.17) is 6.57 Å². The molecule has 1 aliphatic carbocycles. The van der Waals surface area contributed by atoms with Crippen molar-refractivity contribution in [1.82, 2.24) is 14.5 Å². The minimum atomic E-state index is -0.0867. The molecular formula is C17H21N5O. The Balaban J connectivity index is 2.02. The van der Waals surface area contributed by atoms with Gasteiger partial charge in [0.2, 0.25) is 11.9 Å². The second-order valence-electron chi connectivity index (χ2n) is 6.54. The van der Waals surface area contributed by atoms with Crippen LogP contribution in [0.3, 0.4) is 0 Å². The molecule has 120 valence electrons. The minimum Gasteiger partial charge on any atom is -0.361 e. The lowest BCUT2D eigenvalue weighted by Crippen LogP contribution is -2.27. The Kier molecular flexibility index (Phi) is 4.03. The summed E-state index contributed by atoms with van der Waals surface area (Å²) in [5, 5.41) is 2.96. The molecule has 2 aromatic rings. The summed E-state index contributed by atoms with van der Waals surface area (Å²) in [5.41, 5.74) is 1.41. The van der Waals surface area contributed by atoms with E-state index in [0.717, 1.165) is 18.4 Å². The summed E-state index contributed by atoms with van der Waals surface area (Å²) in [6, 6.07) is 3.76. The molecule has 1 N–H and O–H groups in total. The lowest BCUT2D eigenvalue weighted by Gasteiger charge is -2.28. The third kappa shape index (κ3) is 2.79. The van der Waals surface area contributed by atoms with E-state index >= 15 is 0 Å². The Hall–Kier alpha value is -2.42. The van der Waals surface area contributed by atoms with Crippen LogP contribution in [0.25, 0.3) is 16.0 Å². The average Bonchev–Trinajstić information content (AvgIpc) is 2.82. The number of hydrogen-bond acceptors (Lipinski definition) is 3. The van der Waals surface area contributed by atoms with Crippen LogP contribution in [0.2, 0.25) is 0 Å². The van der Waals surface area contributed by atoms with Crippen LogP contribution in [-0.2, 0) is 4.79 Å². The molecule has 1 aliphatic rings. The zero-order valence-corrected chi connectivity index (χ0v) is 13.7. The highest BCUT2D eigenvalue weighted by molar-refractivity contribution is 5.92. The van der Waals surface area contributed by atoms with Gasteiger partial charge in [0.25, 0.3) is 11.5 Å². The quantitative estimate of drug-likeness (QED) is 0.870. The van der Waals surface area contributed by atoms with Crippen LogP contribution in [0.1, 0.15) is 46.1 Å². The van der Waals surface area contributed by atoms with Crippen LogP contribution in [0.15, 0.2) is 12.1 Å². The van der Waals surface area contributed by atoms with E-state index in [1.165, 1.54) is 6.42 Å². The molecular weight excluding hydrogens is 290 g/mol. The van der Waals surface area contributed by atoms with E-state index in [9.17, 15) is 4.79 Å². The third-order valence-electron chi connectivity index (χ3n) is 4.73. The standard InChI is InChI=1S/C17H21N5O/c1-10(2)11(3)16(23)21-17-19-13-8-9-14(18-4)20-15(13)22(17)12-6-5-7-12/h8-12H,5-7H2,1-3H3,(H,19,21,23)/t11-/m0/s1. The van der Waals surface area contributed by atoms with Crippen molar-refractivity contribution >= 4 is 28.8 Å². The molecule has 0 aliphatic heterocycles. The summed E-state index contributed by atoms with van der Waals surface area (Å²) in [7, 11) is 0. The van der Waals surface area contributed by atoms with Crippen molar-refractivity contribution in [2.75, 3.05) is 5.32 Å². The molecule has 0 radical (unpaired) electrons. The van der Waals surface area contributed by atoms with E-state index in [0.29, 0.717) is 23.5 Å². The summed E-state index contributed by atoms with van der Waals surface area (Å²) < 4.78 is 2.00. The zero-order valence-electron chi connectivity index (χ0n) is 13.7.